The summed E-state index contributed by atoms with van der Waals surface area (Å²) in [5.41, 5.74) is 0.652. The summed E-state index contributed by atoms with van der Waals surface area (Å²) in [6.07, 6.45) is -0.848. The van der Waals surface area contributed by atoms with Gasteiger partial charge < -0.3 is 4.74 Å². The minimum absolute atomic E-state index is 0.0111. The molecule has 0 aliphatic rings. The van der Waals surface area contributed by atoms with E-state index >= 15 is 0 Å². The fourth-order valence-electron chi connectivity index (χ4n) is 1.14. The van der Waals surface area contributed by atoms with E-state index < -0.39 is 31.3 Å². The van der Waals surface area contributed by atoms with Crippen molar-refractivity contribution in [3.8, 4) is 0 Å². The maximum absolute atomic E-state index is 12.4. The van der Waals surface area contributed by atoms with Gasteiger partial charge >= 0.3 is 12.3 Å². The van der Waals surface area contributed by atoms with E-state index in [0.29, 0.717) is 5.56 Å². The summed E-state index contributed by atoms with van der Waals surface area (Å²) >= 11 is 0. The number of halogens is 4. The average molecular weight is 265 g/mol. The van der Waals surface area contributed by atoms with Crippen molar-refractivity contribution >= 4 is 5.78 Å². The van der Waals surface area contributed by atoms with Gasteiger partial charge in [-0.1, -0.05) is 0 Å². The SMILES string of the molecule is O=C(COCC(F)(F)C(F)F)Cc1ccncc1. The smallest absolute Gasteiger partial charge is 0.330 e. The van der Waals surface area contributed by atoms with Crippen LogP contribution in [0, 0.1) is 0 Å². The number of pyridine rings is 1. The highest BCUT2D eigenvalue weighted by Gasteiger charge is 2.41. The highest BCUT2D eigenvalue weighted by Crippen LogP contribution is 2.22. The van der Waals surface area contributed by atoms with Gasteiger partial charge in [-0.2, -0.15) is 8.78 Å². The summed E-state index contributed by atoms with van der Waals surface area (Å²) in [5.74, 6) is -4.69. The zero-order valence-electron chi connectivity index (χ0n) is 9.28. The molecule has 0 bridgehead atoms. The van der Waals surface area contributed by atoms with Gasteiger partial charge in [-0.15, -0.1) is 0 Å². The van der Waals surface area contributed by atoms with Gasteiger partial charge in [0.1, 0.15) is 13.2 Å². The Labute approximate surface area is 101 Å². The molecule has 0 aliphatic heterocycles. The van der Waals surface area contributed by atoms with Crippen LogP contribution in [0.15, 0.2) is 24.5 Å². The number of hydrogen-bond acceptors (Lipinski definition) is 3. The van der Waals surface area contributed by atoms with E-state index in [4.69, 9.17) is 0 Å². The molecule has 0 amide bonds. The van der Waals surface area contributed by atoms with Gasteiger partial charge in [0, 0.05) is 18.8 Å². The third-order valence-corrected chi connectivity index (χ3v) is 2.03. The molecule has 1 aromatic heterocycles. The quantitative estimate of drug-likeness (QED) is 0.709. The maximum Gasteiger partial charge on any atom is 0.330 e. The lowest BCUT2D eigenvalue weighted by molar-refractivity contribution is -0.168. The van der Waals surface area contributed by atoms with Gasteiger partial charge in [0.25, 0.3) is 0 Å². The minimum Gasteiger partial charge on any atom is -0.367 e. The van der Waals surface area contributed by atoms with Crippen LogP contribution in [0.2, 0.25) is 0 Å². The lowest BCUT2D eigenvalue weighted by Gasteiger charge is -2.14. The normalized spacial score (nSPS) is 11.8. The van der Waals surface area contributed by atoms with E-state index in [1.807, 2.05) is 0 Å². The van der Waals surface area contributed by atoms with Gasteiger partial charge in [0.2, 0.25) is 0 Å². The Morgan fingerprint density at radius 1 is 1.33 bits per heavy atom. The molecule has 0 aliphatic carbocycles. The second-order valence-electron chi connectivity index (χ2n) is 3.63. The van der Waals surface area contributed by atoms with Crippen molar-refractivity contribution < 1.29 is 27.1 Å². The largest absolute Gasteiger partial charge is 0.367 e. The van der Waals surface area contributed by atoms with E-state index in [-0.39, 0.29) is 6.42 Å². The van der Waals surface area contributed by atoms with Crippen molar-refractivity contribution in [3.05, 3.63) is 30.1 Å². The second kappa shape index (κ2) is 6.44. The van der Waals surface area contributed by atoms with E-state index in [2.05, 4.69) is 9.72 Å². The number of aromatic nitrogens is 1. The number of hydrogen-bond donors (Lipinski definition) is 0. The molecule has 0 atom stereocenters. The van der Waals surface area contributed by atoms with Crippen molar-refractivity contribution in [1.29, 1.82) is 0 Å². The Morgan fingerprint density at radius 3 is 2.50 bits per heavy atom. The molecular formula is C11H11F4NO2. The van der Waals surface area contributed by atoms with Crippen LogP contribution in [0.1, 0.15) is 5.56 Å². The first-order valence-corrected chi connectivity index (χ1v) is 5.06. The number of Topliss-reactive ketones (excluding diaryl/α,β-unsaturated/α-hetero) is 1. The first-order chi connectivity index (χ1) is 8.42. The molecule has 1 aromatic rings. The van der Waals surface area contributed by atoms with Crippen molar-refractivity contribution in [2.24, 2.45) is 0 Å². The molecule has 1 heterocycles. The monoisotopic (exact) mass is 265 g/mol. The molecule has 0 fully saturated rings. The molecule has 3 nitrogen and oxygen atoms in total. The molecule has 0 saturated carbocycles. The lowest BCUT2D eigenvalue weighted by atomic mass is 10.1. The zero-order chi connectivity index (χ0) is 13.6. The minimum atomic E-state index is -4.23. The summed E-state index contributed by atoms with van der Waals surface area (Å²) in [6.45, 7) is -2.09. The number of carbonyl (C=O) groups excluding carboxylic acids is 1. The average Bonchev–Trinajstić information content (AvgIpc) is 2.29. The molecule has 1 rings (SSSR count). The van der Waals surface area contributed by atoms with E-state index in [9.17, 15) is 22.4 Å². The van der Waals surface area contributed by atoms with Gasteiger partial charge in [0.05, 0.1) is 0 Å². The molecule has 100 valence electrons. The van der Waals surface area contributed by atoms with E-state index in [1.165, 1.54) is 12.4 Å². The van der Waals surface area contributed by atoms with Crippen LogP contribution in [-0.4, -0.2) is 36.3 Å². The van der Waals surface area contributed by atoms with Crippen LogP contribution >= 0.6 is 0 Å². The fourth-order valence-corrected chi connectivity index (χ4v) is 1.14. The van der Waals surface area contributed by atoms with Gasteiger partial charge in [0.15, 0.2) is 5.78 Å². The van der Waals surface area contributed by atoms with Crippen LogP contribution in [0.25, 0.3) is 0 Å². The molecule has 0 aromatic carbocycles. The Morgan fingerprint density at radius 2 is 1.94 bits per heavy atom. The standard InChI is InChI=1S/C11H11F4NO2/c12-10(13)11(14,15)7-18-6-9(17)5-8-1-3-16-4-2-8/h1-4,10H,5-7H2. The maximum atomic E-state index is 12.4. The van der Waals surface area contributed by atoms with E-state index in [1.54, 1.807) is 12.1 Å². The molecule has 0 spiro atoms. The lowest BCUT2D eigenvalue weighted by Crippen LogP contribution is -2.33. The van der Waals surface area contributed by atoms with Gasteiger partial charge in [-0.25, -0.2) is 8.78 Å². The highest BCUT2D eigenvalue weighted by atomic mass is 19.3. The first kappa shape index (κ1) is 14.6. The summed E-state index contributed by atoms with van der Waals surface area (Å²) in [5, 5.41) is 0. The molecule has 7 heteroatoms. The summed E-state index contributed by atoms with van der Waals surface area (Å²) in [6, 6.07) is 3.18. The molecule has 0 N–H and O–H groups in total. The van der Waals surface area contributed by atoms with Crippen molar-refractivity contribution in [3.63, 3.8) is 0 Å². The number of ether oxygens (including phenoxy) is 1. The molecule has 0 radical (unpaired) electrons. The molecular weight excluding hydrogens is 254 g/mol. The predicted molar refractivity (Wildman–Crippen MR) is 54.7 cm³/mol. The number of alkyl halides is 4. The highest BCUT2D eigenvalue weighted by molar-refractivity contribution is 5.81. The van der Waals surface area contributed by atoms with Crippen LogP contribution < -0.4 is 0 Å². The van der Waals surface area contributed by atoms with Crippen molar-refractivity contribution in [2.45, 2.75) is 18.8 Å². The molecule has 0 unspecified atom stereocenters. The molecule has 0 saturated heterocycles. The molecule has 18 heavy (non-hydrogen) atoms. The Bertz CT molecular complexity index is 384. The summed E-state index contributed by atoms with van der Waals surface area (Å²) in [4.78, 5) is 15.0. The summed E-state index contributed by atoms with van der Waals surface area (Å²) in [7, 11) is 0. The third kappa shape index (κ3) is 4.79. The second-order valence-corrected chi connectivity index (χ2v) is 3.63. The number of carbonyl (C=O) groups is 1. The zero-order valence-corrected chi connectivity index (χ0v) is 9.28. The number of ketones is 1. The van der Waals surface area contributed by atoms with Crippen LogP contribution in [-0.2, 0) is 16.0 Å². The van der Waals surface area contributed by atoms with Crippen LogP contribution in [0.5, 0.6) is 0 Å². The number of nitrogens with zero attached hydrogens (tertiary/aromatic N) is 1. The van der Waals surface area contributed by atoms with Gasteiger partial charge in [-0.05, 0) is 17.7 Å². The van der Waals surface area contributed by atoms with Crippen LogP contribution in [0.3, 0.4) is 0 Å². The topological polar surface area (TPSA) is 39.2 Å². The van der Waals surface area contributed by atoms with Crippen LogP contribution in [0.4, 0.5) is 17.6 Å². The van der Waals surface area contributed by atoms with E-state index in [0.717, 1.165) is 0 Å². The van der Waals surface area contributed by atoms with Crippen molar-refractivity contribution in [1.82, 2.24) is 4.98 Å². The van der Waals surface area contributed by atoms with Gasteiger partial charge in [-0.3, -0.25) is 9.78 Å². The fraction of sp³-hybridized carbons (Fsp3) is 0.455. The van der Waals surface area contributed by atoms with Crippen molar-refractivity contribution in [2.75, 3.05) is 13.2 Å². The Kier molecular flexibility index (Phi) is 5.21. The predicted octanol–water partition coefficient (Wildman–Crippen LogP) is 2.11. The first-order valence-electron chi connectivity index (χ1n) is 5.06. The Hall–Kier alpha value is -1.50. The summed E-state index contributed by atoms with van der Waals surface area (Å²) < 4.78 is 52.7. The Balaban J connectivity index is 2.30. The third-order valence-electron chi connectivity index (χ3n) is 2.03. The number of rotatable bonds is 7.